The topological polar surface area (TPSA) is 37.4 Å². The normalized spacial score (nSPS) is 7.73. The number of Topliss-reactive ketones (excluding diaryl/α,β-unsaturated/α-hetero) is 1. The standard InChI is InChI=1S/C6H11NO2.C2H6/c1-5(8)4-6(9)7(2)3;1-2/h4H2,1-3H3;1-2H3. The van der Waals surface area contributed by atoms with Crippen LogP contribution in [0.2, 0.25) is 0 Å². The molecule has 0 rings (SSSR count). The molecule has 0 aromatic heterocycles. The van der Waals surface area contributed by atoms with E-state index in [0.29, 0.717) is 0 Å². The van der Waals surface area contributed by atoms with Gasteiger partial charge in [-0.15, -0.1) is 0 Å². The molecule has 11 heavy (non-hydrogen) atoms. The molecule has 0 aliphatic heterocycles. The van der Waals surface area contributed by atoms with E-state index in [-0.39, 0.29) is 18.1 Å². The van der Waals surface area contributed by atoms with Crippen LogP contribution in [0.15, 0.2) is 0 Å². The Morgan fingerprint density at radius 3 is 1.64 bits per heavy atom. The van der Waals surface area contributed by atoms with Gasteiger partial charge in [0.15, 0.2) is 0 Å². The van der Waals surface area contributed by atoms with E-state index in [1.807, 2.05) is 13.8 Å². The van der Waals surface area contributed by atoms with Crippen molar-refractivity contribution >= 4 is 11.7 Å². The molecule has 0 aliphatic rings. The third-order valence-corrected chi connectivity index (χ3v) is 0.899. The lowest BCUT2D eigenvalue weighted by atomic mass is 10.3. The quantitative estimate of drug-likeness (QED) is 0.565. The second kappa shape index (κ2) is 7.25. The van der Waals surface area contributed by atoms with Crippen molar-refractivity contribution in [2.45, 2.75) is 27.2 Å². The van der Waals surface area contributed by atoms with Gasteiger partial charge in [0, 0.05) is 14.1 Å². The molecule has 0 aliphatic carbocycles. The summed E-state index contributed by atoms with van der Waals surface area (Å²) in [5.74, 6) is -0.226. The average molecular weight is 159 g/mol. The fourth-order valence-electron chi connectivity index (χ4n) is 0.371. The van der Waals surface area contributed by atoms with Crippen molar-refractivity contribution in [3.8, 4) is 0 Å². The minimum atomic E-state index is -0.137. The largest absolute Gasteiger partial charge is 0.348 e. The van der Waals surface area contributed by atoms with E-state index in [1.54, 1.807) is 14.1 Å². The molecule has 0 unspecified atom stereocenters. The van der Waals surface area contributed by atoms with E-state index in [1.165, 1.54) is 11.8 Å². The molecule has 66 valence electrons. The molecule has 0 N–H and O–H groups in total. The van der Waals surface area contributed by atoms with Gasteiger partial charge in [0.05, 0.1) is 6.42 Å². The summed E-state index contributed by atoms with van der Waals surface area (Å²) >= 11 is 0. The molecule has 0 heterocycles. The molecule has 0 aromatic rings. The summed E-state index contributed by atoms with van der Waals surface area (Å²) in [6.45, 7) is 5.40. The van der Waals surface area contributed by atoms with E-state index in [2.05, 4.69) is 0 Å². The Labute approximate surface area is 68.4 Å². The average Bonchev–Trinajstić information content (AvgIpc) is 1.90. The highest BCUT2D eigenvalue weighted by atomic mass is 16.2. The smallest absolute Gasteiger partial charge is 0.229 e. The Hall–Kier alpha value is -0.860. The highest BCUT2D eigenvalue weighted by molar-refractivity contribution is 5.96. The van der Waals surface area contributed by atoms with Gasteiger partial charge in [-0.1, -0.05) is 13.8 Å². The van der Waals surface area contributed by atoms with Gasteiger partial charge in [0.2, 0.25) is 5.91 Å². The second-order valence-electron chi connectivity index (χ2n) is 2.17. The maximum Gasteiger partial charge on any atom is 0.229 e. The van der Waals surface area contributed by atoms with Gasteiger partial charge in [0.25, 0.3) is 0 Å². The summed E-state index contributed by atoms with van der Waals surface area (Å²) in [6, 6.07) is 0. The Bertz CT molecular complexity index is 130. The molecule has 0 atom stereocenters. The first kappa shape index (κ1) is 12.8. The fourth-order valence-corrected chi connectivity index (χ4v) is 0.371. The molecular formula is C8H17NO2. The summed E-state index contributed by atoms with van der Waals surface area (Å²) in [7, 11) is 3.26. The summed E-state index contributed by atoms with van der Waals surface area (Å²) in [5.41, 5.74) is 0. The highest BCUT2D eigenvalue weighted by Gasteiger charge is 2.05. The molecule has 0 spiro atoms. The molecule has 0 bridgehead atoms. The first-order valence-corrected chi connectivity index (χ1v) is 3.73. The van der Waals surface area contributed by atoms with Crippen LogP contribution in [0.25, 0.3) is 0 Å². The number of rotatable bonds is 2. The van der Waals surface area contributed by atoms with Gasteiger partial charge in [-0.25, -0.2) is 0 Å². The zero-order valence-corrected chi connectivity index (χ0v) is 7.97. The van der Waals surface area contributed by atoms with E-state index < -0.39 is 0 Å². The van der Waals surface area contributed by atoms with Crippen LogP contribution in [0.4, 0.5) is 0 Å². The molecule has 3 heteroatoms. The number of hydrogen-bond acceptors (Lipinski definition) is 2. The van der Waals surface area contributed by atoms with E-state index >= 15 is 0 Å². The van der Waals surface area contributed by atoms with Crippen LogP contribution < -0.4 is 0 Å². The van der Waals surface area contributed by atoms with Crippen LogP contribution in [0.3, 0.4) is 0 Å². The SMILES string of the molecule is CC.CC(=O)CC(=O)N(C)C. The maximum atomic E-state index is 10.7. The Morgan fingerprint density at radius 2 is 1.55 bits per heavy atom. The van der Waals surface area contributed by atoms with Crippen molar-refractivity contribution in [2.24, 2.45) is 0 Å². The monoisotopic (exact) mass is 159 g/mol. The maximum absolute atomic E-state index is 10.7. The predicted octanol–water partition coefficient (Wildman–Crippen LogP) is 1.08. The number of hydrogen-bond donors (Lipinski definition) is 0. The Balaban J connectivity index is 0. The van der Waals surface area contributed by atoms with Crippen molar-refractivity contribution in [1.29, 1.82) is 0 Å². The summed E-state index contributed by atoms with van der Waals surface area (Å²) in [5, 5.41) is 0. The van der Waals surface area contributed by atoms with E-state index in [0.717, 1.165) is 0 Å². The van der Waals surface area contributed by atoms with E-state index in [9.17, 15) is 9.59 Å². The number of ketones is 1. The number of nitrogens with zero attached hydrogens (tertiary/aromatic N) is 1. The van der Waals surface area contributed by atoms with Crippen LogP contribution in [0, 0.1) is 0 Å². The van der Waals surface area contributed by atoms with Crippen molar-refractivity contribution in [1.82, 2.24) is 4.90 Å². The number of amides is 1. The first-order chi connectivity index (χ1) is 5.04. The van der Waals surface area contributed by atoms with Gasteiger partial charge < -0.3 is 4.90 Å². The third-order valence-electron chi connectivity index (χ3n) is 0.899. The molecule has 0 saturated heterocycles. The molecular weight excluding hydrogens is 142 g/mol. The highest BCUT2D eigenvalue weighted by Crippen LogP contribution is 1.86. The Morgan fingerprint density at radius 1 is 1.18 bits per heavy atom. The molecule has 1 amide bonds. The van der Waals surface area contributed by atoms with Gasteiger partial charge >= 0.3 is 0 Å². The van der Waals surface area contributed by atoms with E-state index in [4.69, 9.17) is 0 Å². The molecule has 0 radical (unpaired) electrons. The van der Waals surface area contributed by atoms with Gasteiger partial charge in [-0.3, -0.25) is 9.59 Å². The lowest BCUT2D eigenvalue weighted by Crippen LogP contribution is -2.23. The fraction of sp³-hybridized carbons (Fsp3) is 0.750. The zero-order valence-electron chi connectivity index (χ0n) is 7.97. The first-order valence-electron chi connectivity index (χ1n) is 3.73. The van der Waals surface area contributed by atoms with Gasteiger partial charge in [-0.05, 0) is 6.92 Å². The summed E-state index contributed by atoms with van der Waals surface area (Å²) < 4.78 is 0. The molecule has 0 saturated carbocycles. The van der Waals surface area contributed by atoms with Crippen molar-refractivity contribution in [3.05, 3.63) is 0 Å². The van der Waals surface area contributed by atoms with Crippen LogP contribution in [0.1, 0.15) is 27.2 Å². The lowest BCUT2D eigenvalue weighted by Gasteiger charge is -2.06. The minimum absolute atomic E-state index is 0.0208. The van der Waals surface area contributed by atoms with Crippen LogP contribution in [-0.2, 0) is 9.59 Å². The lowest BCUT2D eigenvalue weighted by molar-refractivity contribution is -0.132. The van der Waals surface area contributed by atoms with Crippen LogP contribution >= 0.6 is 0 Å². The molecule has 3 nitrogen and oxygen atoms in total. The zero-order chi connectivity index (χ0) is 9.44. The van der Waals surface area contributed by atoms with Gasteiger partial charge in [0.1, 0.15) is 5.78 Å². The van der Waals surface area contributed by atoms with Crippen LogP contribution in [0.5, 0.6) is 0 Å². The molecule has 0 aromatic carbocycles. The van der Waals surface area contributed by atoms with Crippen molar-refractivity contribution < 1.29 is 9.59 Å². The van der Waals surface area contributed by atoms with Crippen molar-refractivity contribution in [3.63, 3.8) is 0 Å². The Kier molecular flexibility index (Phi) is 8.43. The van der Waals surface area contributed by atoms with Crippen molar-refractivity contribution in [2.75, 3.05) is 14.1 Å². The summed E-state index contributed by atoms with van der Waals surface area (Å²) in [6.07, 6.45) is 0.0208. The molecule has 0 fully saturated rings. The third kappa shape index (κ3) is 9.14. The number of carbonyl (C=O) groups excluding carboxylic acids is 2. The second-order valence-corrected chi connectivity index (χ2v) is 2.17. The van der Waals surface area contributed by atoms with Crippen LogP contribution in [-0.4, -0.2) is 30.7 Å². The predicted molar refractivity (Wildman–Crippen MR) is 45.3 cm³/mol. The number of carbonyl (C=O) groups is 2. The van der Waals surface area contributed by atoms with Gasteiger partial charge in [-0.2, -0.15) is 0 Å². The summed E-state index contributed by atoms with van der Waals surface area (Å²) in [4.78, 5) is 22.4. The minimum Gasteiger partial charge on any atom is -0.348 e.